The van der Waals surface area contributed by atoms with Crippen LogP contribution >= 0.6 is 46.4 Å². The maximum Gasteiger partial charge on any atom is 0.263 e. The van der Waals surface area contributed by atoms with Crippen LogP contribution in [0.5, 0.6) is 0 Å². The van der Waals surface area contributed by atoms with Crippen LogP contribution in [-0.4, -0.2) is 34.3 Å². The molecule has 7 nitrogen and oxygen atoms in total. The number of nitrogens with one attached hydrogen (secondary N) is 1. The summed E-state index contributed by atoms with van der Waals surface area (Å²) in [5.74, 6) is -2.05. The fourth-order valence-corrected chi connectivity index (χ4v) is 3.49. The zero-order valence-electron chi connectivity index (χ0n) is 13.9. The lowest BCUT2D eigenvalue weighted by Crippen LogP contribution is -2.37. The molecule has 0 atom stereocenters. The van der Waals surface area contributed by atoms with Gasteiger partial charge in [0.1, 0.15) is 6.54 Å². The van der Waals surface area contributed by atoms with E-state index in [1.807, 2.05) is 13.8 Å². The van der Waals surface area contributed by atoms with E-state index in [2.05, 4.69) is 10.5 Å². The van der Waals surface area contributed by atoms with E-state index in [9.17, 15) is 14.4 Å². The second kappa shape index (κ2) is 7.31. The molecule has 3 rings (SSSR count). The van der Waals surface area contributed by atoms with Gasteiger partial charge in [0, 0.05) is 6.07 Å². The lowest BCUT2D eigenvalue weighted by molar-refractivity contribution is -0.116. The van der Waals surface area contributed by atoms with Crippen molar-refractivity contribution in [2.24, 2.45) is 0 Å². The van der Waals surface area contributed by atoms with Crippen LogP contribution in [0.1, 0.15) is 46.2 Å². The van der Waals surface area contributed by atoms with E-state index in [1.165, 1.54) is 0 Å². The highest BCUT2D eigenvalue weighted by Gasteiger charge is 2.42. The van der Waals surface area contributed by atoms with Gasteiger partial charge in [0.15, 0.2) is 0 Å². The third kappa shape index (κ3) is 3.40. The molecule has 0 aliphatic carbocycles. The number of imide groups is 1. The smallest absolute Gasteiger partial charge is 0.263 e. The first-order valence-electron chi connectivity index (χ1n) is 7.62. The zero-order valence-corrected chi connectivity index (χ0v) is 16.9. The van der Waals surface area contributed by atoms with Crippen molar-refractivity contribution in [2.45, 2.75) is 19.8 Å². The van der Waals surface area contributed by atoms with Crippen LogP contribution in [0.25, 0.3) is 0 Å². The number of fused-ring (bicyclic) bond motifs is 1. The molecular formula is C16H11Cl4N3O4. The molecule has 1 aromatic heterocycles. The van der Waals surface area contributed by atoms with Gasteiger partial charge in [-0.3, -0.25) is 24.6 Å². The number of anilines is 1. The van der Waals surface area contributed by atoms with Crippen LogP contribution in [0.15, 0.2) is 10.6 Å². The van der Waals surface area contributed by atoms with Gasteiger partial charge in [-0.25, -0.2) is 0 Å². The molecule has 0 saturated heterocycles. The highest BCUT2D eigenvalue weighted by Crippen LogP contribution is 2.44. The van der Waals surface area contributed by atoms with Gasteiger partial charge in [0.25, 0.3) is 11.8 Å². The van der Waals surface area contributed by atoms with E-state index in [0.717, 1.165) is 0 Å². The molecule has 0 spiro atoms. The van der Waals surface area contributed by atoms with E-state index in [-0.39, 0.29) is 43.0 Å². The molecule has 1 aliphatic heterocycles. The number of aromatic nitrogens is 1. The van der Waals surface area contributed by atoms with Gasteiger partial charge >= 0.3 is 0 Å². The zero-order chi connectivity index (χ0) is 20.0. The Morgan fingerprint density at radius 1 is 1.07 bits per heavy atom. The Hall–Kier alpha value is -1.80. The molecule has 2 heterocycles. The minimum Gasteiger partial charge on any atom is -0.338 e. The Morgan fingerprint density at radius 2 is 1.59 bits per heavy atom. The van der Waals surface area contributed by atoms with Crippen molar-refractivity contribution < 1.29 is 18.9 Å². The highest BCUT2D eigenvalue weighted by molar-refractivity contribution is 6.55. The van der Waals surface area contributed by atoms with E-state index in [0.29, 0.717) is 10.6 Å². The first kappa shape index (κ1) is 19.9. The maximum atomic E-state index is 12.6. The topological polar surface area (TPSA) is 92.5 Å². The Bertz CT molecular complexity index is 940. The highest BCUT2D eigenvalue weighted by atomic mass is 35.5. The monoisotopic (exact) mass is 449 g/mol. The summed E-state index contributed by atoms with van der Waals surface area (Å²) in [6.45, 7) is 3.24. The molecule has 27 heavy (non-hydrogen) atoms. The largest absolute Gasteiger partial charge is 0.338 e. The Morgan fingerprint density at radius 3 is 2.04 bits per heavy atom. The van der Waals surface area contributed by atoms with Gasteiger partial charge < -0.3 is 4.52 Å². The maximum absolute atomic E-state index is 12.6. The lowest BCUT2D eigenvalue weighted by atomic mass is 10.1. The summed E-state index contributed by atoms with van der Waals surface area (Å²) in [7, 11) is 0. The van der Waals surface area contributed by atoms with E-state index >= 15 is 0 Å². The minimum absolute atomic E-state index is 0.0995. The molecule has 0 unspecified atom stereocenters. The molecule has 1 aromatic carbocycles. The fourth-order valence-electron chi connectivity index (χ4n) is 2.48. The van der Waals surface area contributed by atoms with Crippen LogP contribution in [-0.2, 0) is 4.79 Å². The summed E-state index contributed by atoms with van der Waals surface area (Å²) < 4.78 is 5.00. The van der Waals surface area contributed by atoms with Gasteiger partial charge in [0.05, 0.1) is 36.9 Å². The van der Waals surface area contributed by atoms with Crippen LogP contribution in [0.2, 0.25) is 20.1 Å². The molecule has 0 radical (unpaired) electrons. The van der Waals surface area contributed by atoms with Gasteiger partial charge in [0.2, 0.25) is 11.8 Å². The van der Waals surface area contributed by atoms with E-state index < -0.39 is 24.3 Å². The number of rotatable bonds is 4. The van der Waals surface area contributed by atoms with Gasteiger partial charge in [-0.2, -0.15) is 0 Å². The number of carbonyl (C=O) groups is 3. The predicted octanol–water partition coefficient (Wildman–Crippen LogP) is 4.65. The van der Waals surface area contributed by atoms with Crippen molar-refractivity contribution >= 4 is 70.0 Å². The average Bonchev–Trinajstić information content (AvgIpc) is 3.16. The van der Waals surface area contributed by atoms with Crippen molar-refractivity contribution in [3.63, 3.8) is 0 Å². The summed E-state index contributed by atoms with van der Waals surface area (Å²) in [5, 5.41) is 5.56. The average molecular weight is 451 g/mol. The van der Waals surface area contributed by atoms with Crippen molar-refractivity contribution in [3.8, 4) is 0 Å². The van der Waals surface area contributed by atoms with Crippen LogP contribution in [0.3, 0.4) is 0 Å². The number of hydrogen-bond donors (Lipinski definition) is 1. The number of benzene rings is 1. The Labute approximate surface area is 173 Å². The number of nitrogens with zero attached hydrogens (tertiary/aromatic N) is 2. The molecular weight excluding hydrogens is 440 g/mol. The minimum atomic E-state index is -0.795. The molecule has 0 saturated carbocycles. The summed E-state index contributed by atoms with van der Waals surface area (Å²) in [4.78, 5) is 38.1. The third-order valence-corrected chi connectivity index (χ3v) is 5.67. The second-order valence-corrected chi connectivity index (χ2v) is 7.53. The fraction of sp³-hybridized carbons (Fsp3) is 0.250. The van der Waals surface area contributed by atoms with Gasteiger partial charge in [-0.15, -0.1) is 0 Å². The summed E-state index contributed by atoms with van der Waals surface area (Å²) in [6.07, 6.45) is 0. The molecule has 11 heteroatoms. The van der Waals surface area contributed by atoms with Gasteiger partial charge in [-0.05, 0) is 5.92 Å². The molecule has 142 valence electrons. The Balaban J connectivity index is 1.83. The number of hydrogen-bond acceptors (Lipinski definition) is 5. The molecule has 3 amide bonds. The molecule has 0 bridgehead atoms. The van der Waals surface area contributed by atoms with Crippen LogP contribution in [0, 0.1) is 0 Å². The van der Waals surface area contributed by atoms with Gasteiger partial charge in [-0.1, -0.05) is 65.4 Å². The molecule has 1 N–H and O–H groups in total. The quantitative estimate of drug-likeness (QED) is 0.415. The normalized spacial score (nSPS) is 13.5. The number of amides is 3. The summed E-state index contributed by atoms with van der Waals surface area (Å²) >= 11 is 24.0. The van der Waals surface area contributed by atoms with Crippen LogP contribution in [0.4, 0.5) is 5.88 Å². The first-order valence-corrected chi connectivity index (χ1v) is 9.13. The van der Waals surface area contributed by atoms with Crippen molar-refractivity contribution in [3.05, 3.63) is 43.0 Å². The lowest BCUT2D eigenvalue weighted by Gasteiger charge is -2.12. The first-order chi connectivity index (χ1) is 12.6. The second-order valence-electron chi connectivity index (χ2n) is 6.02. The number of halogens is 4. The summed E-state index contributed by atoms with van der Waals surface area (Å²) in [6, 6.07) is 1.55. The van der Waals surface area contributed by atoms with Crippen molar-refractivity contribution in [2.75, 3.05) is 11.9 Å². The standard InChI is InChI=1S/C16H11Cl4N3O4/c1-5(2)6-3-8(27-22-6)21-7(24)4-23-15(25)9-10(16(23)26)12(18)14(20)13(19)11(9)17/h3,5H,4H2,1-2H3,(H,21,24). The SMILES string of the molecule is CC(C)c1cc(NC(=O)CN2C(=O)c3c(Cl)c(Cl)c(Cl)c(Cl)c3C2=O)on1. The predicted molar refractivity (Wildman–Crippen MR) is 101 cm³/mol. The van der Waals surface area contributed by atoms with Crippen LogP contribution < -0.4 is 5.32 Å². The summed E-state index contributed by atoms with van der Waals surface area (Å²) in [5.41, 5.74) is 0.278. The van der Waals surface area contributed by atoms with E-state index in [4.69, 9.17) is 50.9 Å². The van der Waals surface area contributed by atoms with Crippen molar-refractivity contribution in [1.82, 2.24) is 10.1 Å². The van der Waals surface area contributed by atoms with Crippen molar-refractivity contribution in [1.29, 1.82) is 0 Å². The third-order valence-electron chi connectivity index (χ3n) is 3.87. The molecule has 0 fully saturated rings. The van der Waals surface area contributed by atoms with E-state index in [1.54, 1.807) is 6.07 Å². The molecule has 1 aliphatic rings. The molecule has 2 aromatic rings. The Kier molecular flexibility index (Phi) is 5.40. The number of carbonyl (C=O) groups excluding carboxylic acids is 3.